The van der Waals surface area contributed by atoms with Crippen molar-refractivity contribution in [3.05, 3.63) is 125 Å². The lowest BCUT2D eigenvalue weighted by Gasteiger charge is -2.24. The third-order valence-corrected chi connectivity index (χ3v) is 8.74. The molecule has 0 radical (unpaired) electrons. The zero-order valence-electron chi connectivity index (χ0n) is 22.8. The van der Waals surface area contributed by atoms with Crippen molar-refractivity contribution in [1.29, 1.82) is 5.41 Å². The Kier molecular flexibility index (Phi) is 5.57. The average molecular weight is 518 g/mol. The van der Waals surface area contributed by atoms with Gasteiger partial charge in [0.2, 0.25) is 0 Å². The molecule has 40 heavy (non-hydrogen) atoms. The van der Waals surface area contributed by atoms with Gasteiger partial charge in [0.15, 0.2) is 0 Å². The van der Waals surface area contributed by atoms with Crippen LogP contribution < -0.4 is 5.73 Å². The van der Waals surface area contributed by atoms with Crippen LogP contribution in [0.3, 0.4) is 0 Å². The van der Waals surface area contributed by atoms with E-state index in [9.17, 15) is 0 Å². The van der Waals surface area contributed by atoms with Crippen LogP contribution in [0.5, 0.6) is 0 Å². The van der Waals surface area contributed by atoms with Gasteiger partial charge in [0.1, 0.15) is 12.2 Å². The van der Waals surface area contributed by atoms with E-state index < -0.39 is 0 Å². The lowest BCUT2D eigenvalue weighted by atomic mass is 9.79. The molecule has 0 unspecified atom stereocenters. The van der Waals surface area contributed by atoms with Gasteiger partial charge in [-0.05, 0) is 91.0 Å². The van der Waals surface area contributed by atoms with E-state index in [0.717, 1.165) is 51.9 Å². The fourth-order valence-electron chi connectivity index (χ4n) is 6.88. The van der Waals surface area contributed by atoms with Crippen molar-refractivity contribution in [1.82, 2.24) is 0 Å². The van der Waals surface area contributed by atoms with Gasteiger partial charge in [-0.1, -0.05) is 105 Å². The van der Waals surface area contributed by atoms with E-state index in [1.54, 1.807) is 0 Å². The molecule has 0 bridgehead atoms. The van der Waals surface area contributed by atoms with Crippen LogP contribution in [-0.4, -0.2) is 12.2 Å². The van der Waals surface area contributed by atoms with Crippen LogP contribution >= 0.6 is 0 Å². The van der Waals surface area contributed by atoms with Crippen molar-refractivity contribution in [2.45, 2.75) is 32.1 Å². The minimum Gasteiger partial charge on any atom is -0.383 e. The predicted octanol–water partition coefficient (Wildman–Crippen LogP) is 9.03. The van der Waals surface area contributed by atoms with Gasteiger partial charge in [0, 0.05) is 11.0 Å². The SMILES string of the molecule is CC1(C)C2=C(CCC=C2)c2cc(-c3c4ccccc4c(/C(N)=N/C=N)c4ccc(-c5ccccc5)cc34)ccc21. The first-order valence-corrected chi connectivity index (χ1v) is 13.9. The van der Waals surface area contributed by atoms with Gasteiger partial charge in [0.25, 0.3) is 0 Å². The summed E-state index contributed by atoms with van der Waals surface area (Å²) in [5.74, 6) is 0.356. The number of hydrogen-bond donors (Lipinski definition) is 2. The number of nitrogens with zero attached hydrogens (tertiary/aromatic N) is 1. The lowest BCUT2D eigenvalue weighted by molar-refractivity contribution is 0.651. The summed E-state index contributed by atoms with van der Waals surface area (Å²) < 4.78 is 0. The number of rotatable bonds is 4. The number of nitrogens with two attached hydrogens (primary N) is 1. The monoisotopic (exact) mass is 517 g/mol. The fraction of sp³-hybridized carbons (Fsp3) is 0.135. The molecule has 3 nitrogen and oxygen atoms in total. The highest BCUT2D eigenvalue weighted by Gasteiger charge is 2.37. The number of fused-ring (bicyclic) bond motifs is 4. The van der Waals surface area contributed by atoms with E-state index in [2.05, 4.69) is 110 Å². The van der Waals surface area contributed by atoms with Gasteiger partial charge < -0.3 is 5.73 Å². The fourth-order valence-corrected chi connectivity index (χ4v) is 6.88. The molecule has 0 spiro atoms. The molecule has 0 saturated heterocycles. The Hall–Kier alpha value is -4.76. The second kappa shape index (κ2) is 9.17. The van der Waals surface area contributed by atoms with E-state index in [1.165, 1.54) is 39.0 Å². The van der Waals surface area contributed by atoms with Crippen molar-refractivity contribution in [3.8, 4) is 22.3 Å². The van der Waals surface area contributed by atoms with E-state index in [1.807, 2.05) is 12.1 Å². The highest BCUT2D eigenvalue weighted by molar-refractivity contribution is 6.26. The van der Waals surface area contributed by atoms with Gasteiger partial charge in [-0.2, -0.15) is 0 Å². The Morgan fingerprint density at radius 3 is 2.33 bits per heavy atom. The molecule has 3 N–H and O–H groups in total. The maximum Gasteiger partial charge on any atom is 0.133 e. The van der Waals surface area contributed by atoms with E-state index in [0.29, 0.717) is 5.84 Å². The second-order valence-corrected chi connectivity index (χ2v) is 11.3. The molecule has 0 heterocycles. The quantitative estimate of drug-likeness (QED) is 0.139. The van der Waals surface area contributed by atoms with Crippen molar-refractivity contribution < 1.29 is 0 Å². The molecule has 0 atom stereocenters. The van der Waals surface area contributed by atoms with Gasteiger partial charge in [-0.3, -0.25) is 5.41 Å². The first-order chi connectivity index (χ1) is 19.5. The topological polar surface area (TPSA) is 62.2 Å². The minimum absolute atomic E-state index is 0.00621. The van der Waals surface area contributed by atoms with Crippen molar-refractivity contribution in [2.24, 2.45) is 10.7 Å². The summed E-state index contributed by atoms with van der Waals surface area (Å²) >= 11 is 0. The molecular formula is C37H31N3. The van der Waals surface area contributed by atoms with Gasteiger partial charge in [-0.15, -0.1) is 0 Å². The molecule has 0 amide bonds. The number of allylic oxidation sites excluding steroid dienone is 4. The lowest BCUT2D eigenvalue weighted by Crippen LogP contribution is -2.16. The zero-order chi connectivity index (χ0) is 27.4. The molecule has 5 aromatic rings. The number of hydrogen-bond acceptors (Lipinski definition) is 1. The molecule has 2 aliphatic rings. The molecule has 0 saturated carbocycles. The van der Waals surface area contributed by atoms with Crippen molar-refractivity contribution >= 4 is 39.3 Å². The smallest absolute Gasteiger partial charge is 0.133 e. The highest BCUT2D eigenvalue weighted by Crippen LogP contribution is 2.51. The number of aliphatic imine (C=N–C) groups is 1. The summed E-state index contributed by atoms with van der Waals surface area (Å²) in [6.07, 6.45) is 7.86. The van der Waals surface area contributed by atoms with Crippen LogP contribution in [0, 0.1) is 5.41 Å². The van der Waals surface area contributed by atoms with Crippen LogP contribution in [0.4, 0.5) is 0 Å². The summed E-state index contributed by atoms with van der Waals surface area (Å²) in [6, 6.07) is 32.6. The van der Waals surface area contributed by atoms with Crippen molar-refractivity contribution in [3.63, 3.8) is 0 Å². The standard InChI is InChI=1S/C37H31N3/c1-37(2)32-15-9-8-12-26(32)30-21-25(17-19-33(30)37)34-27-13-6-7-14-28(27)35(36(39)40-22-38)29-18-16-24(20-31(29)34)23-10-4-3-5-11-23/h3-7,9-11,13-22H,8,12H2,1-2H3,(H3,38,39,40). The van der Waals surface area contributed by atoms with Gasteiger partial charge >= 0.3 is 0 Å². The molecule has 3 heteroatoms. The maximum atomic E-state index is 7.60. The highest BCUT2D eigenvalue weighted by atomic mass is 14.9. The Labute approximate surface area is 234 Å². The molecule has 0 fully saturated rings. The molecule has 5 aromatic carbocycles. The van der Waals surface area contributed by atoms with Crippen LogP contribution in [0.2, 0.25) is 0 Å². The predicted molar refractivity (Wildman–Crippen MR) is 170 cm³/mol. The molecule has 7 rings (SSSR count). The maximum absolute atomic E-state index is 7.60. The molecule has 0 aromatic heterocycles. The first-order valence-electron chi connectivity index (χ1n) is 13.9. The van der Waals surface area contributed by atoms with Crippen LogP contribution in [0.1, 0.15) is 43.4 Å². The summed E-state index contributed by atoms with van der Waals surface area (Å²) in [5.41, 5.74) is 17.9. The molecule has 0 aliphatic heterocycles. The van der Waals surface area contributed by atoms with Gasteiger partial charge in [0.05, 0.1) is 0 Å². The zero-order valence-corrected chi connectivity index (χ0v) is 22.8. The third-order valence-electron chi connectivity index (χ3n) is 8.74. The normalized spacial score (nSPS) is 15.9. The Bertz CT molecular complexity index is 1940. The van der Waals surface area contributed by atoms with Crippen LogP contribution in [0.15, 0.2) is 114 Å². The second-order valence-electron chi connectivity index (χ2n) is 11.3. The Balaban J connectivity index is 1.59. The average Bonchev–Trinajstić information content (AvgIpc) is 3.22. The molecule has 194 valence electrons. The number of benzene rings is 5. The van der Waals surface area contributed by atoms with Crippen LogP contribution in [0.25, 0.3) is 49.4 Å². The molecule has 2 aliphatic carbocycles. The third kappa shape index (κ3) is 3.58. The summed E-state index contributed by atoms with van der Waals surface area (Å²) in [5, 5.41) is 11.9. The summed E-state index contributed by atoms with van der Waals surface area (Å²) in [6.45, 7) is 4.70. The van der Waals surface area contributed by atoms with E-state index in [-0.39, 0.29) is 5.41 Å². The number of amidine groups is 1. The number of nitrogens with one attached hydrogen (secondary N) is 1. The van der Waals surface area contributed by atoms with Crippen LogP contribution in [-0.2, 0) is 5.41 Å². The largest absolute Gasteiger partial charge is 0.383 e. The Morgan fingerprint density at radius 1 is 0.800 bits per heavy atom. The first kappa shape index (κ1) is 24.3. The minimum atomic E-state index is 0.00621. The van der Waals surface area contributed by atoms with E-state index >= 15 is 0 Å². The van der Waals surface area contributed by atoms with Crippen molar-refractivity contribution in [2.75, 3.05) is 0 Å². The molecular weight excluding hydrogens is 486 g/mol. The summed E-state index contributed by atoms with van der Waals surface area (Å²) in [4.78, 5) is 4.21. The van der Waals surface area contributed by atoms with Gasteiger partial charge in [-0.25, -0.2) is 4.99 Å². The van der Waals surface area contributed by atoms with E-state index in [4.69, 9.17) is 11.1 Å². The Morgan fingerprint density at radius 2 is 1.52 bits per heavy atom. The summed E-state index contributed by atoms with van der Waals surface area (Å²) in [7, 11) is 0.